The van der Waals surface area contributed by atoms with E-state index in [0.717, 1.165) is 11.6 Å². The Morgan fingerprint density at radius 2 is 2.00 bits per heavy atom. The van der Waals surface area contributed by atoms with Gasteiger partial charge in [-0.15, -0.1) is 0 Å². The third kappa shape index (κ3) is 1.43. The Morgan fingerprint density at radius 3 is 2.57 bits per heavy atom. The summed E-state index contributed by atoms with van der Waals surface area (Å²) in [6, 6.07) is 8.17. The molecular formula is C13H17N. The van der Waals surface area contributed by atoms with Gasteiger partial charge in [0.25, 0.3) is 0 Å². The summed E-state index contributed by atoms with van der Waals surface area (Å²) >= 11 is 0. The minimum absolute atomic E-state index is 0.726. The van der Waals surface area contributed by atoms with Crippen LogP contribution in [0.4, 0.5) is 5.69 Å². The third-order valence-corrected chi connectivity index (χ3v) is 3.33. The first-order chi connectivity index (χ1) is 6.70. The maximum atomic E-state index is 5.97. The average Bonchev–Trinajstić information content (AvgIpc) is 2.49. The van der Waals surface area contributed by atoms with E-state index in [1.165, 1.54) is 29.6 Å². The van der Waals surface area contributed by atoms with Crippen LogP contribution in [0.5, 0.6) is 0 Å². The standard InChI is InChI=1S/C13H17N/c1-9-7-8-11(10(9)2)12-5-3-4-6-13(12)14/h3-6,9H,7-8,14H2,1-2H3. The molecule has 0 radical (unpaired) electrons. The first-order valence-electron chi connectivity index (χ1n) is 5.24. The molecular weight excluding hydrogens is 170 g/mol. The maximum Gasteiger partial charge on any atom is 0.0390 e. The van der Waals surface area contributed by atoms with Crippen LogP contribution < -0.4 is 5.73 Å². The lowest BCUT2D eigenvalue weighted by Crippen LogP contribution is -1.93. The highest BCUT2D eigenvalue weighted by Gasteiger charge is 2.20. The van der Waals surface area contributed by atoms with Crippen LogP contribution in [-0.4, -0.2) is 0 Å². The molecule has 14 heavy (non-hydrogen) atoms. The van der Waals surface area contributed by atoms with Gasteiger partial charge in [0.05, 0.1) is 0 Å². The van der Waals surface area contributed by atoms with E-state index in [1.807, 2.05) is 12.1 Å². The predicted octanol–water partition coefficient (Wildman–Crippen LogP) is 3.47. The fourth-order valence-corrected chi connectivity index (χ4v) is 2.19. The molecule has 1 aliphatic rings. The van der Waals surface area contributed by atoms with Crippen LogP contribution in [0.3, 0.4) is 0 Å². The topological polar surface area (TPSA) is 26.0 Å². The summed E-state index contributed by atoms with van der Waals surface area (Å²) in [6.07, 6.45) is 2.46. The van der Waals surface area contributed by atoms with Gasteiger partial charge in [0.1, 0.15) is 0 Å². The molecule has 0 bridgehead atoms. The summed E-state index contributed by atoms with van der Waals surface area (Å²) < 4.78 is 0. The second-order valence-electron chi connectivity index (χ2n) is 4.19. The summed E-state index contributed by atoms with van der Waals surface area (Å²) in [4.78, 5) is 0. The largest absolute Gasteiger partial charge is 0.398 e. The quantitative estimate of drug-likeness (QED) is 0.669. The predicted molar refractivity (Wildman–Crippen MR) is 61.8 cm³/mol. The fraction of sp³-hybridized carbons (Fsp3) is 0.385. The molecule has 2 rings (SSSR count). The molecule has 0 heterocycles. The number of hydrogen-bond acceptors (Lipinski definition) is 1. The second-order valence-corrected chi connectivity index (χ2v) is 4.19. The molecule has 0 aromatic heterocycles. The molecule has 0 fully saturated rings. The lowest BCUT2D eigenvalue weighted by Gasteiger charge is -2.08. The van der Waals surface area contributed by atoms with Crippen LogP contribution in [0.25, 0.3) is 5.57 Å². The summed E-state index contributed by atoms with van der Waals surface area (Å²) in [5.74, 6) is 0.726. The maximum absolute atomic E-state index is 5.97. The van der Waals surface area contributed by atoms with E-state index in [4.69, 9.17) is 5.73 Å². The van der Waals surface area contributed by atoms with Crippen molar-refractivity contribution < 1.29 is 0 Å². The van der Waals surface area contributed by atoms with Crippen LogP contribution >= 0.6 is 0 Å². The molecule has 0 saturated carbocycles. The minimum Gasteiger partial charge on any atom is -0.398 e. The molecule has 0 amide bonds. The Bertz CT molecular complexity index is 377. The van der Waals surface area contributed by atoms with E-state index in [9.17, 15) is 0 Å². The van der Waals surface area contributed by atoms with Crippen molar-refractivity contribution in [1.82, 2.24) is 0 Å². The van der Waals surface area contributed by atoms with E-state index in [1.54, 1.807) is 0 Å². The van der Waals surface area contributed by atoms with Crippen LogP contribution in [0, 0.1) is 5.92 Å². The van der Waals surface area contributed by atoms with E-state index >= 15 is 0 Å². The summed E-state index contributed by atoms with van der Waals surface area (Å²) in [5.41, 5.74) is 11.1. The molecule has 2 N–H and O–H groups in total. The fourth-order valence-electron chi connectivity index (χ4n) is 2.19. The van der Waals surface area contributed by atoms with Crippen molar-refractivity contribution in [3.63, 3.8) is 0 Å². The molecule has 1 heteroatoms. The summed E-state index contributed by atoms with van der Waals surface area (Å²) in [7, 11) is 0. The van der Waals surface area contributed by atoms with Gasteiger partial charge in [-0.1, -0.05) is 30.7 Å². The van der Waals surface area contributed by atoms with Crippen molar-refractivity contribution in [3.05, 3.63) is 35.4 Å². The molecule has 1 aliphatic carbocycles. The molecule has 1 nitrogen and oxygen atoms in total. The van der Waals surface area contributed by atoms with Gasteiger partial charge in [0, 0.05) is 11.3 Å². The molecule has 0 aliphatic heterocycles. The van der Waals surface area contributed by atoms with Crippen molar-refractivity contribution in [2.45, 2.75) is 26.7 Å². The molecule has 1 unspecified atom stereocenters. The lowest BCUT2D eigenvalue weighted by atomic mass is 9.99. The SMILES string of the molecule is CC1=C(c2ccccc2N)CCC1C. The van der Waals surface area contributed by atoms with Crippen LogP contribution in [0.2, 0.25) is 0 Å². The van der Waals surface area contributed by atoms with Gasteiger partial charge in [0.15, 0.2) is 0 Å². The number of hydrogen-bond donors (Lipinski definition) is 1. The van der Waals surface area contributed by atoms with Crippen LogP contribution in [-0.2, 0) is 0 Å². The highest BCUT2D eigenvalue weighted by Crippen LogP contribution is 2.39. The second kappa shape index (κ2) is 3.49. The van der Waals surface area contributed by atoms with Crippen molar-refractivity contribution in [1.29, 1.82) is 0 Å². The molecule has 0 saturated heterocycles. The van der Waals surface area contributed by atoms with Gasteiger partial charge in [-0.25, -0.2) is 0 Å². The van der Waals surface area contributed by atoms with Gasteiger partial charge in [-0.05, 0) is 37.3 Å². The third-order valence-electron chi connectivity index (χ3n) is 3.33. The molecule has 74 valence electrons. The minimum atomic E-state index is 0.726. The van der Waals surface area contributed by atoms with Crippen molar-refractivity contribution in [3.8, 4) is 0 Å². The summed E-state index contributed by atoms with van der Waals surface area (Å²) in [6.45, 7) is 4.53. The number of allylic oxidation sites excluding steroid dienone is 2. The first-order valence-corrected chi connectivity index (χ1v) is 5.24. The molecule has 1 aromatic carbocycles. The van der Waals surface area contributed by atoms with E-state index < -0.39 is 0 Å². The average molecular weight is 187 g/mol. The van der Waals surface area contributed by atoms with E-state index in [0.29, 0.717) is 0 Å². The van der Waals surface area contributed by atoms with Crippen LogP contribution in [0.15, 0.2) is 29.8 Å². The van der Waals surface area contributed by atoms with Gasteiger partial charge < -0.3 is 5.73 Å². The van der Waals surface area contributed by atoms with Gasteiger partial charge in [0.2, 0.25) is 0 Å². The molecule has 1 aromatic rings. The normalized spacial score (nSPS) is 21.7. The first kappa shape index (κ1) is 9.32. The van der Waals surface area contributed by atoms with Gasteiger partial charge >= 0.3 is 0 Å². The Labute approximate surface area is 85.6 Å². The smallest absolute Gasteiger partial charge is 0.0390 e. The zero-order valence-corrected chi connectivity index (χ0v) is 8.88. The summed E-state index contributed by atoms with van der Waals surface area (Å²) in [5, 5.41) is 0. The van der Waals surface area contributed by atoms with Gasteiger partial charge in [-0.2, -0.15) is 0 Å². The monoisotopic (exact) mass is 187 g/mol. The Balaban J connectivity index is 2.46. The van der Waals surface area contributed by atoms with Crippen LogP contribution in [0.1, 0.15) is 32.3 Å². The van der Waals surface area contributed by atoms with Gasteiger partial charge in [-0.3, -0.25) is 0 Å². The van der Waals surface area contributed by atoms with E-state index in [2.05, 4.69) is 26.0 Å². The number of benzene rings is 1. The number of para-hydroxylation sites is 1. The number of anilines is 1. The highest BCUT2D eigenvalue weighted by atomic mass is 14.6. The zero-order valence-electron chi connectivity index (χ0n) is 8.88. The number of nitrogens with two attached hydrogens (primary N) is 1. The zero-order chi connectivity index (χ0) is 10.1. The molecule has 1 atom stereocenters. The van der Waals surface area contributed by atoms with Crippen molar-refractivity contribution >= 4 is 11.3 Å². The number of nitrogen functional groups attached to an aromatic ring is 1. The van der Waals surface area contributed by atoms with E-state index in [-0.39, 0.29) is 0 Å². The lowest BCUT2D eigenvalue weighted by molar-refractivity contribution is 0.671. The van der Waals surface area contributed by atoms with Crippen molar-refractivity contribution in [2.75, 3.05) is 5.73 Å². The highest BCUT2D eigenvalue weighted by molar-refractivity contribution is 5.78. The Morgan fingerprint density at radius 1 is 1.29 bits per heavy atom. The Kier molecular flexibility index (Phi) is 2.32. The Hall–Kier alpha value is -1.24. The van der Waals surface area contributed by atoms with Crippen molar-refractivity contribution in [2.24, 2.45) is 5.92 Å². The number of rotatable bonds is 1. The molecule has 0 spiro atoms.